The van der Waals surface area contributed by atoms with Crippen molar-refractivity contribution < 1.29 is 12.8 Å². The highest BCUT2D eigenvalue weighted by Crippen LogP contribution is 2.28. The highest BCUT2D eigenvalue weighted by atomic mass is 35.5. The SMILES string of the molecule is CCNCc1ccc(S(=O)(=O)Nc2ccc(Cl)cc2Cl)o1. The van der Waals surface area contributed by atoms with Gasteiger partial charge < -0.3 is 9.73 Å². The standard InChI is InChI=1S/C13H14Cl2N2O3S/c1-2-16-8-10-4-6-13(20-10)21(18,19)17-12-5-3-9(14)7-11(12)15/h3-7,16-17H,2,8H2,1H3. The summed E-state index contributed by atoms with van der Waals surface area (Å²) in [5, 5.41) is 3.52. The van der Waals surface area contributed by atoms with E-state index in [1.165, 1.54) is 18.2 Å². The minimum Gasteiger partial charge on any atom is -0.446 e. The van der Waals surface area contributed by atoms with Crippen LogP contribution in [0.25, 0.3) is 0 Å². The number of halogens is 2. The van der Waals surface area contributed by atoms with E-state index in [0.717, 1.165) is 6.54 Å². The third-order valence-electron chi connectivity index (χ3n) is 2.63. The molecule has 0 spiro atoms. The van der Waals surface area contributed by atoms with Crippen LogP contribution in [0.4, 0.5) is 5.69 Å². The number of rotatable bonds is 6. The Bertz CT molecular complexity index is 729. The molecule has 1 heterocycles. The van der Waals surface area contributed by atoms with Crippen LogP contribution < -0.4 is 10.0 Å². The molecular formula is C13H14Cl2N2O3S. The second-order valence-electron chi connectivity index (χ2n) is 4.23. The molecule has 0 aliphatic heterocycles. The lowest BCUT2D eigenvalue weighted by atomic mass is 10.3. The molecule has 114 valence electrons. The van der Waals surface area contributed by atoms with Crippen molar-refractivity contribution in [3.05, 3.63) is 46.1 Å². The Morgan fingerprint density at radius 2 is 1.95 bits per heavy atom. The number of hydrogen-bond acceptors (Lipinski definition) is 4. The van der Waals surface area contributed by atoms with E-state index >= 15 is 0 Å². The molecule has 5 nitrogen and oxygen atoms in total. The predicted octanol–water partition coefficient (Wildman–Crippen LogP) is 3.50. The monoisotopic (exact) mass is 348 g/mol. The molecule has 1 aromatic carbocycles. The Morgan fingerprint density at radius 3 is 2.62 bits per heavy atom. The van der Waals surface area contributed by atoms with Crippen LogP contribution in [-0.4, -0.2) is 15.0 Å². The summed E-state index contributed by atoms with van der Waals surface area (Å²) in [5.74, 6) is 0.541. The molecule has 21 heavy (non-hydrogen) atoms. The van der Waals surface area contributed by atoms with E-state index in [1.54, 1.807) is 12.1 Å². The van der Waals surface area contributed by atoms with E-state index in [2.05, 4.69) is 10.0 Å². The molecule has 0 aliphatic rings. The van der Waals surface area contributed by atoms with Gasteiger partial charge in [-0.25, -0.2) is 0 Å². The zero-order valence-electron chi connectivity index (χ0n) is 11.2. The first kappa shape index (κ1) is 16.2. The van der Waals surface area contributed by atoms with E-state index < -0.39 is 10.0 Å². The molecule has 0 atom stereocenters. The highest BCUT2D eigenvalue weighted by Gasteiger charge is 2.20. The summed E-state index contributed by atoms with van der Waals surface area (Å²) in [7, 11) is -3.82. The van der Waals surface area contributed by atoms with Crippen LogP contribution in [-0.2, 0) is 16.6 Å². The minimum atomic E-state index is -3.82. The normalized spacial score (nSPS) is 11.6. The predicted molar refractivity (Wildman–Crippen MR) is 83.4 cm³/mol. The smallest absolute Gasteiger partial charge is 0.295 e. The topological polar surface area (TPSA) is 71.3 Å². The molecular weight excluding hydrogens is 335 g/mol. The Balaban J connectivity index is 2.19. The molecule has 2 aromatic rings. The largest absolute Gasteiger partial charge is 0.446 e. The average Bonchev–Trinajstić information content (AvgIpc) is 2.89. The van der Waals surface area contributed by atoms with Gasteiger partial charge in [0, 0.05) is 5.02 Å². The minimum absolute atomic E-state index is 0.165. The molecule has 0 saturated heterocycles. The molecule has 2 N–H and O–H groups in total. The van der Waals surface area contributed by atoms with Gasteiger partial charge in [0.05, 0.1) is 17.3 Å². The van der Waals surface area contributed by atoms with Crippen molar-refractivity contribution in [1.29, 1.82) is 0 Å². The molecule has 2 rings (SSSR count). The first-order valence-electron chi connectivity index (χ1n) is 6.19. The number of hydrogen-bond donors (Lipinski definition) is 2. The summed E-state index contributed by atoms with van der Waals surface area (Å²) in [5.41, 5.74) is 0.241. The van der Waals surface area contributed by atoms with Crippen molar-refractivity contribution >= 4 is 38.9 Å². The van der Waals surface area contributed by atoms with Gasteiger partial charge >= 0.3 is 0 Å². The molecule has 0 radical (unpaired) electrons. The van der Waals surface area contributed by atoms with Gasteiger partial charge in [-0.2, -0.15) is 8.42 Å². The molecule has 0 saturated carbocycles. The fourth-order valence-corrected chi connectivity index (χ4v) is 3.16. The van der Waals surface area contributed by atoms with E-state index in [0.29, 0.717) is 17.3 Å². The number of benzene rings is 1. The lowest BCUT2D eigenvalue weighted by Gasteiger charge is -2.07. The van der Waals surface area contributed by atoms with Crippen LogP contribution in [0.3, 0.4) is 0 Å². The Labute approximate surface area is 133 Å². The fourth-order valence-electron chi connectivity index (χ4n) is 1.61. The lowest BCUT2D eigenvalue weighted by molar-refractivity contribution is 0.405. The van der Waals surface area contributed by atoms with Crippen LogP contribution >= 0.6 is 23.2 Å². The molecule has 0 aliphatic carbocycles. The van der Waals surface area contributed by atoms with E-state index in [-0.39, 0.29) is 15.8 Å². The van der Waals surface area contributed by atoms with Gasteiger partial charge in [-0.15, -0.1) is 0 Å². The van der Waals surface area contributed by atoms with Gasteiger partial charge in [0.1, 0.15) is 5.76 Å². The summed E-state index contributed by atoms with van der Waals surface area (Å²) < 4.78 is 32.1. The van der Waals surface area contributed by atoms with Crippen LogP contribution in [0, 0.1) is 0 Å². The summed E-state index contributed by atoms with van der Waals surface area (Å²) in [6, 6.07) is 7.51. The highest BCUT2D eigenvalue weighted by molar-refractivity contribution is 7.92. The van der Waals surface area contributed by atoms with E-state index in [1.807, 2.05) is 6.92 Å². The maximum absolute atomic E-state index is 12.2. The average molecular weight is 349 g/mol. The Morgan fingerprint density at radius 1 is 1.19 bits per heavy atom. The van der Waals surface area contributed by atoms with Crippen LogP contribution in [0.1, 0.15) is 12.7 Å². The zero-order valence-corrected chi connectivity index (χ0v) is 13.5. The maximum Gasteiger partial charge on any atom is 0.295 e. The first-order valence-corrected chi connectivity index (χ1v) is 8.43. The fraction of sp³-hybridized carbons (Fsp3) is 0.231. The zero-order chi connectivity index (χ0) is 15.5. The number of anilines is 1. The number of sulfonamides is 1. The second kappa shape index (κ2) is 6.70. The van der Waals surface area contributed by atoms with Crippen LogP contribution in [0.2, 0.25) is 10.0 Å². The summed E-state index contributed by atoms with van der Waals surface area (Å²) in [6.45, 7) is 3.18. The second-order valence-corrected chi connectivity index (χ2v) is 6.69. The van der Waals surface area contributed by atoms with Crippen molar-refractivity contribution in [2.45, 2.75) is 18.6 Å². The first-order chi connectivity index (χ1) is 9.92. The maximum atomic E-state index is 12.2. The summed E-state index contributed by atoms with van der Waals surface area (Å²) in [6.07, 6.45) is 0. The molecule has 1 aromatic heterocycles. The van der Waals surface area contributed by atoms with Gasteiger partial charge in [0.15, 0.2) is 0 Å². The summed E-state index contributed by atoms with van der Waals surface area (Å²) >= 11 is 11.7. The van der Waals surface area contributed by atoms with Crippen LogP contribution in [0.5, 0.6) is 0 Å². The van der Waals surface area contributed by atoms with E-state index in [9.17, 15) is 8.42 Å². The number of furan rings is 1. The lowest BCUT2D eigenvalue weighted by Crippen LogP contribution is -2.13. The summed E-state index contributed by atoms with van der Waals surface area (Å²) in [4.78, 5) is 0. The molecule has 8 heteroatoms. The number of nitrogens with one attached hydrogen (secondary N) is 2. The van der Waals surface area contributed by atoms with Gasteiger partial charge in [0.2, 0.25) is 5.09 Å². The van der Waals surface area contributed by atoms with Crippen LogP contribution in [0.15, 0.2) is 39.8 Å². The van der Waals surface area contributed by atoms with Gasteiger partial charge in [-0.05, 0) is 36.9 Å². The molecule has 0 amide bonds. The van der Waals surface area contributed by atoms with Gasteiger partial charge in [-0.1, -0.05) is 30.1 Å². The molecule has 0 fully saturated rings. The van der Waals surface area contributed by atoms with Crippen molar-refractivity contribution in [1.82, 2.24) is 5.32 Å². The molecule has 0 bridgehead atoms. The van der Waals surface area contributed by atoms with E-state index in [4.69, 9.17) is 27.6 Å². The third kappa shape index (κ3) is 4.14. The van der Waals surface area contributed by atoms with Gasteiger partial charge in [-0.3, -0.25) is 4.72 Å². The van der Waals surface area contributed by atoms with Crippen molar-refractivity contribution in [3.8, 4) is 0 Å². The van der Waals surface area contributed by atoms with Crippen molar-refractivity contribution in [2.75, 3.05) is 11.3 Å². The van der Waals surface area contributed by atoms with Crippen molar-refractivity contribution in [2.24, 2.45) is 0 Å². The van der Waals surface area contributed by atoms with Gasteiger partial charge in [0.25, 0.3) is 10.0 Å². The quantitative estimate of drug-likeness (QED) is 0.837. The Kier molecular flexibility index (Phi) is 5.16. The Hall–Kier alpha value is -1.21. The third-order valence-corrected chi connectivity index (χ3v) is 4.41. The molecule has 0 unspecified atom stereocenters. The van der Waals surface area contributed by atoms with Crippen molar-refractivity contribution in [3.63, 3.8) is 0 Å².